The number of hydrogen-bond acceptors (Lipinski definition) is 4. The molecule has 1 aliphatic heterocycles. The Morgan fingerprint density at radius 2 is 2.05 bits per heavy atom. The Morgan fingerprint density at radius 3 is 2.74 bits per heavy atom. The summed E-state index contributed by atoms with van der Waals surface area (Å²) in [6.45, 7) is 7.43. The second kappa shape index (κ2) is 5.31. The highest BCUT2D eigenvalue weighted by Crippen LogP contribution is 2.34. The van der Waals surface area contributed by atoms with Crippen molar-refractivity contribution in [3.05, 3.63) is 35.5 Å². The molecule has 0 aromatic heterocycles. The fourth-order valence-corrected chi connectivity index (χ4v) is 2.60. The van der Waals surface area contributed by atoms with Crippen LogP contribution < -0.4 is 0 Å². The van der Waals surface area contributed by atoms with Crippen LogP contribution in [0.15, 0.2) is 35.5 Å². The Kier molecular flexibility index (Phi) is 3.92. The molecule has 1 aliphatic carbocycles. The molecule has 0 amide bonds. The summed E-state index contributed by atoms with van der Waals surface area (Å²) in [5.41, 5.74) is 2.05. The number of aliphatic hydroxyl groups is 2. The van der Waals surface area contributed by atoms with Crippen molar-refractivity contribution >= 4 is 5.97 Å². The van der Waals surface area contributed by atoms with Crippen LogP contribution in [0.25, 0.3) is 0 Å². The summed E-state index contributed by atoms with van der Waals surface area (Å²) in [7, 11) is 0. The molecule has 1 fully saturated rings. The first-order valence-corrected chi connectivity index (χ1v) is 6.50. The van der Waals surface area contributed by atoms with E-state index in [9.17, 15) is 15.0 Å². The maximum Gasteiger partial charge on any atom is 0.334 e. The van der Waals surface area contributed by atoms with E-state index in [1.807, 2.05) is 13.0 Å². The van der Waals surface area contributed by atoms with Crippen molar-refractivity contribution in [1.82, 2.24) is 0 Å². The number of carbonyl (C=O) groups is 1. The largest absolute Gasteiger partial charge is 0.454 e. The predicted octanol–water partition coefficient (Wildman–Crippen LogP) is 1.49. The van der Waals surface area contributed by atoms with Gasteiger partial charge in [-0.15, -0.1) is 0 Å². The molecule has 1 heterocycles. The molecule has 2 aliphatic rings. The van der Waals surface area contributed by atoms with Gasteiger partial charge in [-0.3, -0.25) is 0 Å². The lowest BCUT2D eigenvalue weighted by molar-refractivity contribution is -0.137. The summed E-state index contributed by atoms with van der Waals surface area (Å²) >= 11 is 0. The maximum atomic E-state index is 11.6. The van der Waals surface area contributed by atoms with Gasteiger partial charge in [0.25, 0.3) is 0 Å². The van der Waals surface area contributed by atoms with Gasteiger partial charge in [-0.05, 0) is 38.3 Å². The summed E-state index contributed by atoms with van der Waals surface area (Å²) in [5, 5.41) is 20.3. The van der Waals surface area contributed by atoms with Gasteiger partial charge in [0.05, 0.1) is 18.1 Å². The van der Waals surface area contributed by atoms with Crippen LogP contribution in [0, 0.1) is 5.92 Å². The van der Waals surface area contributed by atoms with Crippen LogP contribution in [0.4, 0.5) is 0 Å². The molecule has 0 aromatic rings. The Bertz CT molecular complexity index is 461. The summed E-state index contributed by atoms with van der Waals surface area (Å²) < 4.78 is 5.23. The normalized spacial score (nSPS) is 41.7. The zero-order valence-corrected chi connectivity index (χ0v) is 11.3. The van der Waals surface area contributed by atoms with Crippen molar-refractivity contribution in [2.75, 3.05) is 0 Å². The lowest BCUT2D eigenvalue weighted by atomic mass is 9.85. The molecule has 4 unspecified atom stereocenters. The first-order valence-electron chi connectivity index (χ1n) is 6.50. The van der Waals surface area contributed by atoms with Gasteiger partial charge in [0.1, 0.15) is 6.10 Å². The molecule has 0 radical (unpaired) electrons. The minimum atomic E-state index is -0.695. The molecule has 1 saturated heterocycles. The fourth-order valence-electron chi connectivity index (χ4n) is 2.60. The number of rotatable bonds is 0. The van der Waals surface area contributed by atoms with E-state index in [-0.39, 0.29) is 0 Å². The predicted molar refractivity (Wildman–Crippen MR) is 71.3 cm³/mol. The number of aliphatic hydroxyl groups excluding tert-OH is 2. The highest BCUT2D eigenvalue weighted by molar-refractivity contribution is 5.91. The SMILES string of the molecule is C=C1C(=O)OC2/C=C(\C)C(O)C/C=C(\C)CC(O)C12. The summed E-state index contributed by atoms with van der Waals surface area (Å²) in [4.78, 5) is 11.6. The Balaban J connectivity index is 2.38. The molecule has 2 N–H and O–H groups in total. The molecular weight excluding hydrogens is 244 g/mol. The van der Waals surface area contributed by atoms with Crippen LogP contribution in [0.2, 0.25) is 0 Å². The number of hydrogen-bond donors (Lipinski definition) is 2. The van der Waals surface area contributed by atoms with E-state index in [0.717, 1.165) is 11.1 Å². The standard InChI is InChI=1S/C15H20O4/c1-8-4-5-11(16)9(2)7-13-14(12(17)6-8)10(3)15(18)19-13/h4,7,11-14,16-17H,3,5-6H2,1-2H3/b8-4+,9-7+. The van der Waals surface area contributed by atoms with Crippen molar-refractivity contribution in [3.63, 3.8) is 0 Å². The van der Waals surface area contributed by atoms with E-state index in [4.69, 9.17) is 4.74 Å². The van der Waals surface area contributed by atoms with Crippen LogP contribution in [0.1, 0.15) is 26.7 Å². The molecule has 104 valence electrons. The monoisotopic (exact) mass is 264 g/mol. The van der Waals surface area contributed by atoms with Crippen LogP contribution in [-0.2, 0) is 9.53 Å². The van der Waals surface area contributed by atoms with E-state index in [0.29, 0.717) is 18.4 Å². The Morgan fingerprint density at radius 1 is 1.37 bits per heavy atom. The van der Waals surface area contributed by atoms with Gasteiger partial charge in [-0.2, -0.15) is 0 Å². The third kappa shape index (κ3) is 2.80. The molecule has 4 heteroatoms. The van der Waals surface area contributed by atoms with Crippen molar-refractivity contribution in [1.29, 1.82) is 0 Å². The first kappa shape index (κ1) is 14.0. The number of ether oxygens (including phenoxy) is 1. The quantitative estimate of drug-likeness (QED) is 0.395. The molecular formula is C15H20O4. The van der Waals surface area contributed by atoms with Gasteiger partial charge in [-0.25, -0.2) is 4.79 Å². The van der Waals surface area contributed by atoms with E-state index in [2.05, 4.69) is 6.58 Å². The van der Waals surface area contributed by atoms with Gasteiger partial charge in [-0.1, -0.05) is 18.2 Å². The van der Waals surface area contributed by atoms with Gasteiger partial charge < -0.3 is 14.9 Å². The summed E-state index contributed by atoms with van der Waals surface area (Å²) in [6, 6.07) is 0. The first-order chi connectivity index (χ1) is 8.90. The third-order valence-corrected chi connectivity index (χ3v) is 3.85. The third-order valence-electron chi connectivity index (χ3n) is 3.85. The van der Waals surface area contributed by atoms with E-state index < -0.39 is 30.2 Å². The van der Waals surface area contributed by atoms with E-state index >= 15 is 0 Å². The molecule has 0 bridgehead atoms. The zero-order valence-electron chi connectivity index (χ0n) is 11.3. The van der Waals surface area contributed by atoms with E-state index in [1.54, 1.807) is 13.0 Å². The maximum absolute atomic E-state index is 11.6. The van der Waals surface area contributed by atoms with Crippen LogP contribution in [-0.4, -0.2) is 34.5 Å². The molecule has 4 atom stereocenters. The van der Waals surface area contributed by atoms with Crippen molar-refractivity contribution in [2.24, 2.45) is 5.92 Å². The molecule has 19 heavy (non-hydrogen) atoms. The second-order valence-corrected chi connectivity index (χ2v) is 5.41. The minimum absolute atomic E-state index is 0.310. The molecule has 0 spiro atoms. The van der Waals surface area contributed by atoms with Gasteiger partial charge in [0.15, 0.2) is 0 Å². The lowest BCUT2D eigenvalue weighted by Crippen LogP contribution is -2.29. The number of esters is 1. The van der Waals surface area contributed by atoms with Crippen LogP contribution in [0.5, 0.6) is 0 Å². The average molecular weight is 264 g/mol. The molecule has 2 rings (SSSR count). The van der Waals surface area contributed by atoms with Crippen LogP contribution >= 0.6 is 0 Å². The molecule has 4 nitrogen and oxygen atoms in total. The summed E-state index contributed by atoms with van der Waals surface area (Å²) in [6.07, 6.45) is 2.80. The van der Waals surface area contributed by atoms with E-state index in [1.165, 1.54) is 0 Å². The highest BCUT2D eigenvalue weighted by atomic mass is 16.6. The number of carbonyl (C=O) groups excluding carboxylic acids is 1. The smallest absolute Gasteiger partial charge is 0.334 e. The van der Waals surface area contributed by atoms with Gasteiger partial charge in [0.2, 0.25) is 0 Å². The fraction of sp³-hybridized carbons (Fsp3) is 0.533. The van der Waals surface area contributed by atoms with Crippen molar-refractivity contribution < 1.29 is 19.7 Å². The topological polar surface area (TPSA) is 66.8 Å². The minimum Gasteiger partial charge on any atom is -0.454 e. The highest BCUT2D eigenvalue weighted by Gasteiger charge is 2.42. The average Bonchev–Trinajstić information content (AvgIpc) is 2.60. The van der Waals surface area contributed by atoms with Gasteiger partial charge in [0, 0.05) is 5.57 Å². The number of fused-ring (bicyclic) bond motifs is 1. The molecule has 0 saturated carbocycles. The lowest BCUT2D eigenvalue weighted by Gasteiger charge is -2.24. The second-order valence-electron chi connectivity index (χ2n) is 5.41. The summed E-state index contributed by atoms with van der Waals surface area (Å²) in [5.74, 6) is -0.899. The van der Waals surface area contributed by atoms with Crippen molar-refractivity contribution in [2.45, 2.75) is 45.0 Å². The molecule has 0 aromatic carbocycles. The zero-order chi connectivity index (χ0) is 14.2. The Hall–Kier alpha value is -1.39. The Labute approximate surface area is 113 Å². The van der Waals surface area contributed by atoms with Gasteiger partial charge >= 0.3 is 5.97 Å². The van der Waals surface area contributed by atoms with Crippen molar-refractivity contribution in [3.8, 4) is 0 Å². The van der Waals surface area contributed by atoms with Crippen LogP contribution in [0.3, 0.4) is 0 Å².